The van der Waals surface area contributed by atoms with Gasteiger partial charge in [-0.1, -0.05) is 12.1 Å². The van der Waals surface area contributed by atoms with Crippen molar-refractivity contribution in [2.45, 2.75) is 32.9 Å². The van der Waals surface area contributed by atoms with Crippen molar-refractivity contribution in [3.63, 3.8) is 0 Å². The first kappa shape index (κ1) is 13.6. The largest absolute Gasteiger partial charge is 0.480 e. The number of benzene rings is 1. The molecule has 0 fully saturated rings. The molecule has 1 rings (SSSR count). The van der Waals surface area contributed by atoms with Gasteiger partial charge in [0, 0.05) is 6.54 Å². The van der Waals surface area contributed by atoms with Gasteiger partial charge in [0.15, 0.2) is 0 Å². The van der Waals surface area contributed by atoms with Gasteiger partial charge in [-0.3, -0.25) is 9.69 Å². The Balaban J connectivity index is 2.84. The van der Waals surface area contributed by atoms with E-state index in [1.807, 2.05) is 6.07 Å². The zero-order chi connectivity index (χ0) is 13.2. The number of aliphatic carboxylic acids is 1. The zero-order valence-corrected chi connectivity index (χ0v) is 10.6. The summed E-state index contributed by atoms with van der Waals surface area (Å²) in [5.74, 6) is -1.16. The summed E-state index contributed by atoms with van der Waals surface area (Å²) in [6.07, 6.45) is 0. The molecular weight excluding hydrogens is 221 g/mol. The molecule has 94 valence electrons. The van der Waals surface area contributed by atoms with Crippen LogP contribution in [-0.2, 0) is 11.3 Å². The second-order valence-corrected chi connectivity index (χ2v) is 4.80. The Morgan fingerprint density at radius 3 is 2.53 bits per heavy atom. The van der Waals surface area contributed by atoms with E-state index in [0.717, 1.165) is 5.56 Å². The second kappa shape index (κ2) is 4.84. The van der Waals surface area contributed by atoms with E-state index in [-0.39, 0.29) is 5.82 Å². The first-order chi connectivity index (χ1) is 7.75. The monoisotopic (exact) mass is 239 g/mol. The summed E-state index contributed by atoms with van der Waals surface area (Å²) in [7, 11) is 1.71. The van der Waals surface area contributed by atoms with Gasteiger partial charge in [-0.25, -0.2) is 4.39 Å². The summed E-state index contributed by atoms with van der Waals surface area (Å²) in [4.78, 5) is 12.7. The second-order valence-electron chi connectivity index (χ2n) is 4.80. The molecule has 0 saturated heterocycles. The lowest BCUT2D eigenvalue weighted by Gasteiger charge is -2.31. The molecule has 0 atom stereocenters. The minimum Gasteiger partial charge on any atom is -0.480 e. The van der Waals surface area contributed by atoms with E-state index in [1.54, 1.807) is 38.8 Å². The molecule has 0 unspecified atom stereocenters. The number of rotatable bonds is 4. The molecule has 0 bridgehead atoms. The van der Waals surface area contributed by atoms with Crippen molar-refractivity contribution < 1.29 is 14.3 Å². The molecule has 1 aromatic rings. The van der Waals surface area contributed by atoms with Gasteiger partial charge >= 0.3 is 5.97 Å². The Labute approximate surface area is 101 Å². The molecule has 0 spiro atoms. The number of carboxylic acids is 1. The predicted molar refractivity (Wildman–Crippen MR) is 64.3 cm³/mol. The Morgan fingerprint density at radius 1 is 1.47 bits per heavy atom. The van der Waals surface area contributed by atoms with Crippen LogP contribution in [-0.4, -0.2) is 28.6 Å². The fourth-order valence-corrected chi connectivity index (χ4v) is 1.37. The van der Waals surface area contributed by atoms with Crippen LogP contribution in [0.15, 0.2) is 18.2 Å². The predicted octanol–water partition coefficient (Wildman–Crippen LogP) is 2.43. The first-order valence-electron chi connectivity index (χ1n) is 5.45. The number of aryl methyl sites for hydroxylation is 1. The molecule has 0 heterocycles. The molecule has 0 saturated carbocycles. The maximum absolute atomic E-state index is 13.3. The van der Waals surface area contributed by atoms with Crippen LogP contribution in [0.25, 0.3) is 0 Å². The topological polar surface area (TPSA) is 40.5 Å². The summed E-state index contributed by atoms with van der Waals surface area (Å²) in [5.41, 5.74) is 0.389. The molecule has 1 N–H and O–H groups in total. The number of nitrogens with zero attached hydrogens (tertiary/aromatic N) is 1. The lowest BCUT2D eigenvalue weighted by atomic mass is 10.0. The average Bonchev–Trinajstić information content (AvgIpc) is 2.23. The van der Waals surface area contributed by atoms with Crippen molar-refractivity contribution in [3.05, 3.63) is 35.1 Å². The van der Waals surface area contributed by atoms with Crippen LogP contribution in [0, 0.1) is 12.7 Å². The third-order valence-corrected chi connectivity index (χ3v) is 3.13. The van der Waals surface area contributed by atoms with E-state index in [2.05, 4.69) is 0 Å². The summed E-state index contributed by atoms with van der Waals surface area (Å²) in [6.45, 7) is 5.35. The van der Waals surface area contributed by atoms with Gasteiger partial charge in [-0.15, -0.1) is 0 Å². The Hall–Kier alpha value is -1.42. The summed E-state index contributed by atoms with van der Waals surface area (Å²) in [5, 5.41) is 9.07. The van der Waals surface area contributed by atoms with Crippen molar-refractivity contribution in [1.29, 1.82) is 0 Å². The van der Waals surface area contributed by atoms with Crippen molar-refractivity contribution >= 4 is 5.97 Å². The number of hydrogen-bond donors (Lipinski definition) is 1. The van der Waals surface area contributed by atoms with Crippen molar-refractivity contribution in [3.8, 4) is 0 Å². The van der Waals surface area contributed by atoms with Crippen LogP contribution in [0.3, 0.4) is 0 Å². The quantitative estimate of drug-likeness (QED) is 0.877. The standard InChI is InChI=1S/C13H18FNO2/c1-9-5-6-10(7-11(9)14)8-15(4)13(2,3)12(16)17/h5-7H,8H2,1-4H3,(H,16,17). The van der Waals surface area contributed by atoms with E-state index in [4.69, 9.17) is 5.11 Å². The van der Waals surface area contributed by atoms with Crippen LogP contribution in [0.5, 0.6) is 0 Å². The molecule has 0 aliphatic heterocycles. The van der Waals surface area contributed by atoms with Crippen LogP contribution in [0.4, 0.5) is 4.39 Å². The molecule has 4 heteroatoms. The van der Waals surface area contributed by atoms with E-state index in [1.165, 1.54) is 6.07 Å². The molecule has 1 aromatic carbocycles. The normalized spacial score (nSPS) is 11.9. The van der Waals surface area contributed by atoms with Gasteiger partial charge in [0.25, 0.3) is 0 Å². The van der Waals surface area contributed by atoms with Gasteiger partial charge in [-0.2, -0.15) is 0 Å². The molecule has 0 aromatic heterocycles. The van der Waals surface area contributed by atoms with E-state index in [0.29, 0.717) is 12.1 Å². The SMILES string of the molecule is Cc1ccc(CN(C)C(C)(C)C(=O)O)cc1F. The van der Waals surface area contributed by atoms with Crippen LogP contribution >= 0.6 is 0 Å². The molecular formula is C13H18FNO2. The summed E-state index contributed by atoms with van der Waals surface area (Å²) >= 11 is 0. The Kier molecular flexibility index (Phi) is 3.88. The lowest BCUT2D eigenvalue weighted by molar-refractivity contribution is -0.148. The maximum Gasteiger partial charge on any atom is 0.323 e. The minimum atomic E-state index is -0.971. The Morgan fingerprint density at radius 2 is 2.06 bits per heavy atom. The van der Waals surface area contributed by atoms with Gasteiger partial charge in [0.2, 0.25) is 0 Å². The number of likely N-dealkylation sites (N-methyl/N-ethyl adjacent to an activating group) is 1. The first-order valence-corrected chi connectivity index (χ1v) is 5.45. The number of carboxylic acid groups (broad SMARTS) is 1. The van der Waals surface area contributed by atoms with Gasteiger partial charge in [0.1, 0.15) is 11.4 Å². The highest BCUT2D eigenvalue weighted by Crippen LogP contribution is 2.17. The third-order valence-electron chi connectivity index (χ3n) is 3.13. The van der Waals surface area contributed by atoms with E-state index in [9.17, 15) is 9.18 Å². The molecule has 0 amide bonds. The molecule has 0 radical (unpaired) electrons. The van der Waals surface area contributed by atoms with Crippen LogP contribution in [0.2, 0.25) is 0 Å². The number of halogens is 1. The van der Waals surface area contributed by atoms with E-state index < -0.39 is 11.5 Å². The van der Waals surface area contributed by atoms with Gasteiger partial charge in [-0.05, 0) is 45.0 Å². The third kappa shape index (κ3) is 3.03. The zero-order valence-electron chi connectivity index (χ0n) is 10.6. The number of carbonyl (C=O) groups is 1. The minimum absolute atomic E-state index is 0.260. The number of hydrogen-bond acceptors (Lipinski definition) is 2. The highest BCUT2D eigenvalue weighted by molar-refractivity contribution is 5.77. The molecule has 0 aliphatic carbocycles. The highest BCUT2D eigenvalue weighted by atomic mass is 19.1. The Bertz CT molecular complexity index is 429. The molecule has 17 heavy (non-hydrogen) atoms. The summed E-state index contributed by atoms with van der Waals surface area (Å²) in [6, 6.07) is 4.96. The maximum atomic E-state index is 13.3. The van der Waals surface area contributed by atoms with Crippen LogP contribution < -0.4 is 0 Å². The fourth-order valence-electron chi connectivity index (χ4n) is 1.37. The van der Waals surface area contributed by atoms with Crippen molar-refractivity contribution in [2.24, 2.45) is 0 Å². The smallest absolute Gasteiger partial charge is 0.323 e. The average molecular weight is 239 g/mol. The summed E-state index contributed by atoms with van der Waals surface area (Å²) < 4.78 is 13.3. The van der Waals surface area contributed by atoms with Gasteiger partial charge < -0.3 is 5.11 Å². The van der Waals surface area contributed by atoms with Crippen molar-refractivity contribution in [2.75, 3.05) is 7.05 Å². The van der Waals surface area contributed by atoms with Gasteiger partial charge in [0.05, 0.1) is 0 Å². The van der Waals surface area contributed by atoms with E-state index >= 15 is 0 Å². The molecule has 0 aliphatic rings. The van der Waals surface area contributed by atoms with Crippen LogP contribution in [0.1, 0.15) is 25.0 Å². The molecule has 3 nitrogen and oxygen atoms in total. The highest BCUT2D eigenvalue weighted by Gasteiger charge is 2.31. The lowest BCUT2D eigenvalue weighted by Crippen LogP contribution is -2.47. The fraction of sp³-hybridized carbons (Fsp3) is 0.462. The van der Waals surface area contributed by atoms with Crippen molar-refractivity contribution in [1.82, 2.24) is 4.90 Å².